The van der Waals surface area contributed by atoms with Crippen LogP contribution in [0.3, 0.4) is 0 Å². The van der Waals surface area contributed by atoms with E-state index < -0.39 is 5.41 Å². The zero-order chi connectivity index (χ0) is 46.2. The highest BCUT2D eigenvalue weighted by Crippen LogP contribution is 2.63. The number of benzene rings is 10. The van der Waals surface area contributed by atoms with Gasteiger partial charge in [-0.2, -0.15) is 0 Å². The van der Waals surface area contributed by atoms with Gasteiger partial charge in [-0.05, 0) is 144 Å². The summed E-state index contributed by atoms with van der Waals surface area (Å²) in [5, 5.41) is 2.56. The van der Waals surface area contributed by atoms with Crippen LogP contribution in [-0.4, -0.2) is 0 Å². The Balaban J connectivity index is 0.946. The van der Waals surface area contributed by atoms with Gasteiger partial charge in [0.15, 0.2) is 0 Å². The van der Waals surface area contributed by atoms with E-state index in [1.807, 2.05) is 11.3 Å². The first kappa shape index (κ1) is 40.3. The minimum atomic E-state index is -0.433. The molecule has 0 saturated heterocycles. The first-order chi connectivity index (χ1) is 33.7. The van der Waals surface area contributed by atoms with Crippen LogP contribution in [0, 0.1) is 0 Å². The third kappa shape index (κ3) is 5.58. The van der Waals surface area contributed by atoms with Crippen molar-refractivity contribution in [2.24, 2.45) is 0 Å². The summed E-state index contributed by atoms with van der Waals surface area (Å²) in [6, 6.07) is 84.9. The van der Waals surface area contributed by atoms with Gasteiger partial charge in [0.05, 0.1) is 5.41 Å². The van der Waals surface area contributed by atoms with Crippen molar-refractivity contribution in [3.63, 3.8) is 0 Å². The molecule has 3 aliphatic rings. The molecule has 0 amide bonds. The van der Waals surface area contributed by atoms with Crippen LogP contribution in [0.5, 0.6) is 0 Å². The normalized spacial score (nSPS) is 15.0. The van der Waals surface area contributed by atoms with Gasteiger partial charge in [-0.25, -0.2) is 0 Å². The molecule has 1 nitrogen and oxygen atoms in total. The first-order valence-corrected chi connectivity index (χ1v) is 25.1. The maximum absolute atomic E-state index is 2.47. The number of anilines is 3. The second-order valence-electron chi connectivity index (χ2n) is 20.4. The summed E-state index contributed by atoms with van der Waals surface area (Å²) in [5.74, 6) is 0. The van der Waals surface area contributed by atoms with Crippen LogP contribution >= 0.6 is 11.3 Å². The molecular formula is C67H49NS. The molecule has 11 aromatic rings. The van der Waals surface area contributed by atoms with Crippen LogP contribution in [-0.2, 0) is 16.2 Å². The van der Waals surface area contributed by atoms with Crippen LogP contribution in [0.4, 0.5) is 17.1 Å². The molecule has 0 N–H and O–H groups in total. The van der Waals surface area contributed by atoms with Crippen molar-refractivity contribution in [2.45, 2.75) is 43.9 Å². The van der Waals surface area contributed by atoms with E-state index in [1.54, 1.807) is 0 Å². The van der Waals surface area contributed by atoms with Gasteiger partial charge in [0.25, 0.3) is 0 Å². The predicted octanol–water partition coefficient (Wildman–Crippen LogP) is 18.2. The quantitative estimate of drug-likeness (QED) is 0.166. The standard InChI is InChI=1S/C67H49NS/c1-65(2)54-22-10-8-19-49(54)50-36-34-47(41-61(50)65)68(45-32-29-43(30-33-45)42-17-6-5-7-18-42)46-35-38-63-53(40-46)52-39-44(31-37-62(52)69-63)48-21-16-28-60-64(48)51-20-9-11-23-55(51)67(60)58-26-14-12-24-56(58)66(3,4)57-25-13-15-27-59(57)67/h5-41H,1-4H3. The number of nitrogens with zero attached hydrogens (tertiary/aromatic N) is 1. The number of fused-ring (bicyclic) bond motifs is 15. The molecule has 0 radical (unpaired) electrons. The minimum Gasteiger partial charge on any atom is -0.310 e. The van der Waals surface area contributed by atoms with E-state index in [1.165, 1.54) is 109 Å². The van der Waals surface area contributed by atoms with Crippen molar-refractivity contribution in [2.75, 3.05) is 4.90 Å². The smallest absolute Gasteiger partial charge is 0.0719 e. The number of rotatable bonds is 5. The van der Waals surface area contributed by atoms with Crippen molar-refractivity contribution in [3.8, 4) is 44.5 Å². The fourth-order valence-corrected chi connectivity index (χ4v) is 14.0. The van der Waals surface area contributed by atoms with Crippen molar-refractivity contribution >= 4 is 48.6 Å². The van der Waals surface area contributed by atoms with Crippen LogP contribution in [0.25, 0.3) is 64.7 Å². The summed E-state index contributed by atoms with van der Waals surface area (Å²) in [7, 11) is 0. The molecule has 69 heavy (non-hydrogen) atoms. The van der Waals surface area contributed by atoms with E-state index in [-0.39, 0.29) is 10.8 Å². The summed E-state index contributed by atoms with van der Waals surface area (Å²) in [4.78, 5) is 2.46. The molecule has 2 heteroatoms. The lowest BCUT2D eigenvalue weighted by Crippen LogP contribution is -2.40. The van der Waals surface area contributed by atoms with Gasteiger partial charge in [0.1, 0.15) is 0 Å². The lowest BCUT2D eigenvalue weighted by molar-refractivity contribution is 0.563. The SMILES string of the molecule is CC1(C)c2ccccc2-c2ccc(N(c3ccc(-c4ccccc4)cc3)c3ccc4sc5ccc(-c6cccc7c6-c6ccccc6C76c7ccccc7C(C)(C)c7ccccc76)cc5c4c3)cc21. The summed E-state index contributed by atoms with van der Waals surface area (Å²) in [5.41, 5.74) is 24.0. The molecule has 1 aromatic heterocycles. The lowest BCUT2D eigenvalue weighted by atomic mass is 9.55. The highest BCUT2D eigenvalue weighted by atomic mass is 32.1. The molecule has 0 bridgehead atoms. The van der Waals surface area contributed by atoms with Gasteiger partial charge in [0, 0.05) is 48.1 Å². The molecule has 0 unspecified atom stereocenters. The van der Waals surface area contributed by atoms with Crippen molar-refractivity contribution in [1.29, 1.82) is 0 Å². The van der Waals surface area contributed by atoms with E-state index in [9.17, 15) is 0 Å². The third-order valence-corrected chi connectivity index (χ3v) is 17.3. The molecule has 14 rings (SSSR count). The molecule has 0 saturated carbocycles. The van der Waals surface area contributed by atoms with Gasteiger partial charge in [-0.15, -0.1) is 11.3 Å². The zero-order valence-electron chi connectivity index (χ0n) is 39.2. The lowest BCUT2D eigenvalue weighted by Gasteiger charge is -2.46. The second-order valence-corrected chi connectivity index (χ2v) is 21.5. The van der Waals surface area contributed by atoms with Gasteiger partial charge >= 0.3 is 0 Å². The summed E-state index contributed by atoms with van der Waals surface area (Å²) >= 11 is 1.88. The third-order valence-electron chi connectivity index (χ3n) is 16.2. The average Bonchev–Trinajstić information content (AvgIpc) is 3.99. The molecule has 0 aliphatic heterocycles. The van der Waals surface area contributed by atoms with Crippen LogP contribution in [0.2, 0.25) is 0 Å². The minimum absolute atomic E-state index is 0.118. The van der Waals surface area contributed by atoms with E-state index in [4.69, 9.17) is 0 Å². The molecule has 0 fully saturated rings. The Morgan fingerprint density at radius 1 is 0.304 bits per heavy atom. The monoisotopic (exact) mass is 899 g/mol. The van der Waals surface area contributed by atoms with Gasteiger partial charge in [0.2, 0.25) is 0 Å². The van der Waals surface area contributed by atoms with Crippen LogP contribution in [0.1, 0.15) is 72.2 Å². The Labute approximate surface area is 408 Å². The number of hydrogen-bond donors (Lipinski definition) is 0. The Morgan fingerprint density at radius 2 is 0.783 bits per heavy atom. The Kier molecular flexibility index (Phi) is 8.54. The topological polar surface area (TPSA) is 3.24 Å². The van der Waals surface area contributed by atoms with Crippen LogP contribution in [0.15, 0.2) is 224 Å². The van der Waals surface area contributed by atoms with E-state index >= 15 is 0 Å². The highest BCUT2D eigenvalue weighted by molar-refractivity contribution is 7.25. The molecule has 1 spiro atoms. The van der Waals surface area contributed by atoms with Gasteiger partial charge in [-0.3, -0.25) is 0 Å². The fourth-order valence-electron chi connectivity index (χ4n) is 12.9. The average molecular weight is 900 g/mol. The fraction of sp³-hybridized carbons (Fsp3) is 0.104. The maximum Gasteiger partial charge on any atom is 0.0719 e. The Bertz CT molecular complexity index is 3860. The van der Waals surface area contributed by atoms with Crippen LogP contribution < -0.4 is 4.90 Å². The summed E-state index contributed by atoms with van der Waals surface area (Å²) in [6.45, 7) is 9.54. The van der Waals surface area contributed by atoms with Crippen molar-refractivity contribution in [3.05, 3.63) is 269 Å². The molecular weight excluding hydrogens is 851 g/mol. The van der Waals surface area contributed by atoms with Gasteiger partial charge < -0.3 is 4.90 Å². The molecule has 0 atom stereocenters. The van der Waals surface area contributed by atoms with E-state index in [0.717, 1.165) is 17.1 Å². The van der Waals surface area contributed by atoms with Crippen molar-refractivity contribution < 1.29 is 0 Å². The molecule has 10 aromatic carbocycles. The van der Waals surface area contributed by atoms with E-state index in [0.29, 0.717) is 0 Å². The first-order valence-electron chi connectivity index (χ1n) is 24.3. The number of thiophene rings is 1. The molecule has 1 heterocycles. The Morgan fingerprint density at radius 3 is 1.51 bits per heavy atom. The largest absolute Gasteiger partial charge is 0.310 e. The second kappa shape index (κ2) is 14.6. The van der Waals surface area contributed by atoms with E-state index in [2.05, 4.69) is 257 Å². The Hall–Kier alpha value is -7.78. The summed E-state index contributed by atoms with van der Waals surface area (Å²) in [6.07, 6.45) is 0. The van der Waals surface area contributed by atoms with Crippen molar-refractivity contribution in [1.82, 2.24) is 0 Å². The highest BCUT2D eigenvalue weighted by Gasteiger charge is 2.53. The summed E-state index contributed by atoms with van der Waals surface area (Å²) < 4.78 is 2.58. The maximum atomic E-state index is 2.47. The molecule has 3 aliphatic carbocycles. The van der Waals surface area contributed by atoms with Gasteiger partial charge in [-0.1, -0.05) is 198 Å². The predicted molar refractivity (Wildman–Crippen MR) is 292 cm³/mol. The molecule has 328 valence electrons. The number of hydrogen-bond acceptors (Lipinski definition) is 2. The zero-order valence-corrected chi connectivity index (χ0v) is 40.0.